The van der Waals surface area contributed by atoms with E-state index < -0.39 is 0 Å². The topological polar surface area (TPSA) is 19.2 Å². The lowest BCUT2D eigenvalue weighted by molar-refractivity contribution is -0.763. The van der Waals surface area contributed by atoms with Gasteiger partial charge in [-0.2, -0.15) is 0 Å². The first kappa shape index (κ1) is 16.6. The van der Waals surface area contributed by atoms with Crippen LogP contribution in [0.1, 0.15) is 20.8 Å². The van der Waals surface area contributed by atoms with Gasteiger partial charge < -0.3 is 4.90 Å². The summed E-state index contributed by atoms with van der Waals surface area (Å²) in [5.74, 6) is 2.31. The molecule has 0 saturated heterocycles. The number of benzene rings is 1. The summed E-state index contributed by atoms with van der Waals surface area (Å²) in [6.07, 6.45) is 4.40. The molecule has 5 heteroatoms. The normalized spacial score (nSPS) is 16.5. The van der Waals surface area contributed by atoms with Gasteiger partial charge in [0.25, 0.3) is 5.82 Å². The molecule has 3 heterocycles. The van der Waals surface area contributed by atoms with Crippen LogP contribution in [0.25, 0.3) is 5.82 Å². The van der Waals surface area contributed by atoms with E-state index >= 15 is 0 Å². The number of pyridine rings is 1. The summed E-state index contributed by atoms with van der Waals surface area (Å²) < 4.78 is 6.49. The minimum Gasteiger partial charge on any atom is -0.334 e. The third-order valence-electron chi connectivity index (χ3n) is 5.28. The highest BCUT2D eigenvalue weighted by molar-refractivity contribution is 5.82. The predicted molar refractivity (Wildman–Crippen MR) is 104 cm³/mol. The molecule has 4 rings (SSSR count). The standard InChI is InChI=1S/C21H27N5/c1-16(2)25-17(3)26(19-11-7-6-10-18(19)25)21-13-8-12-20(23(21)5)24-15-9-14-22(24)4/h6-17H,1-5H3/q+2. The van der Waals surface area contributed by atoms with Crippen LogP contribution in [0, 0.1) is 0 Å². The van der Waals surface area contributed by atoms with Crippen molar-refractivity contribution in [1.29, 1.82) is 0 Å². The van der Waals surface area contributed by atoms with Crippen LogP contribution in [0.4, 0.5) is 17.2 Å². The van der Waals surface area contributed by atoms with Crippen molar-refractivity contribution in [3.8, 4) is 5.82 Å². The van der Waals surface area contributed by atoms with Crippen LogP contribution in [0.5, 0.6) is 0 Å². The molecule has 0 N–H and O–H groups in total. The average Bonchev–Trinajstić information content (AvgIpc) is 3.16. The summed E-state index contributed by atoms with van der Waals surface area (Å²) in [7, 11) is 4.19. The smallest absolute Gasteiger partial charge is 0.289 e. The number of nitrogens with zero attached hydrogens (tertiary/aromatic N) is 5. The van der Waals surface area contributed by atoms with Crippen LogP contribution in [-0.2, 0) is 14.1 Å². The number of fused-ring (bicyclic) bond motifs is 1. The zero-order valence-electron chi connectivity index (χ0n) is 16.2. The van der Waals surface area contributed by atoms with E-state index in [1.54, 1.807) is 0 Å². The Labute approximate surface area is 155 Å². The van der Waals surface area contributed by atoms with Gasteiger partial charge in [0, 0.05) is 24.2 Å². The van der Waals surface area contributed by atoms with Crippen molar-refractivity contribution in [2.24, 2.45) is 14.1 Å². The van der Waals surface area contributed by atoms with Crippen LogP contribution in [0.3, 0.4) is 0 Å². The minimum absolute atomic E-state index is 0.257. The molecular weight excluding hydrogens is 322 g/mol. The van der Waals surface area contributed by atoms with Crippen molar-refractivity contribution in [3.63, 3.8) is 0 Å². The van der Waals surface area contributed by atoms with Crippen molar-refractivity contribution < 1.29 is 9.25 Å². The second-order valence-electron chi connectivity index (χ2n) is 7.20. The van der Waals surface area contributed by atoms with E-state index in [2.05, 4.69) is 120 Å². The molecule has 0 fully saturated rings. The Morgan fingerprint density at radius 3 is 2.23 bits per heavy atom. The highest BCUT2D eigenvalue weighted by atomic mass is 15.5. The largest absolute Gasteiger partial charge is 0.334 e. The van der Waals surface area contributed by atoms with Crippen molar-refractivity contribution >= 4 is 17.2 Å². The first-order chi connectivity index (χ1) is 12.5. The molecule has 134 valence electrons. The zero-order chi connectivity index (χ0) is 18.4. The molecule has 0 bridgehead atoms. The molecular formula is C21H27N5+2. The number of para-hydroxylation sites is 2. The maximum atomic E-state index is 2.48. The lowest BCUT2D eigenvalue weighted by Crippen LogP contribution is -2.50. The second-order valence-corrected chi connectivity index (χ2v) is 7.20. The molecule has 1 aliphatic rings. The van der Waals surface area contributed by atoms with Gasteiger partial charge in [0.1, 0.15) is 11.9 Å². The Balaban J connectivity index is 1.88. The highest BCUT2D eigenvalue weighted by Crippen LogP contribution is 2.43. The van der Waals surface area contributed by atoms with Gasteiger partial charge in [0.2, 0.25) is 12.0 Å². The van der Waals surface area contributed by atoms with Crippen LogP contribution in [0.15, 0.2) is 60.9 Å². The van der Waals surface area contributed by atoms with E-state index in [4.69, 9.17) is 0 Å². The first-order valence-electron chi connectivity index (χ1n) is 9.20. The maximum Gasteiger partial charge on any atom is 0.289 e. The molecule has 26 heavy (non-hydrogen) atoms. The molecule has 1 aromatic carbocycles. The predicted octanol–water partition coefficient (Wildman–Crippen LogP) is 2.84. The van der Waals surface area contributed by atoms with Crippen molar-refractivity contribution in [3.05, 3.63) is 60.9 Å². The van der Waals surface area contributed by atoms with Gasteiger partial charge in [-0.1, -0.05) is 16.8 Å². The SMILES string of the molecule is CC(C)N1c2ccccc2N(c2cccc(-n3ccc[n+]3C)[n+]2C)C1C. The fraction of sp³-hybridized carbons (Fsp3) is 0.333. The van der Waals surface area contributed by atoms with E-state index in [1.165, 1.54) is 17.2 Å². The number of anilines is 3. The summed E-state index contributed by atoms with van der Waals surface area (Å²) in [6.45, 7) is 6.79. The molecule has 0 aliphatic carbocycles. The van der Waals surface area contributed by atoms with E-state index in [9.17, 15) is 0 Å². The molecule has 0 radical (unpaired) electrons. The molecule has 1 atom stereocenters. The van der Waals surface area contributed by atoms with Crippen LogP contribution in [-0.4, -0.2) is 16.9 Å². The summed E-state index contributed by atoms with van der Waals surface area (Å²) in [4.78, 5) is 4.92. The van der Waals surface area contributed by atoms with Crippen LogP contribution < -0.4 is 19.0 Å². The van der Waals surface area contributed by atoms with Crippen molar-refractivity contribution in [2.45, 2.75) is 33.0 Å². The second kappa shape index (κ2) is 6.16. The van der Waals surface area contributed by atoms with E-state index in [-0.39, 0.29) is 6.17 Å². The van der Waals surface area contributed by atoms with Crippen molar-refractivity contribution in [2.75, 3.05) is 9.80 Å². The number of rotatable bonds is 3. The summed E-state index contributed by atoms with van der Waals surface area (Å²) in [6, 6.07) is 17.7. The Kier molecular flexibility index (Phi) is 3.94. The number of aromatic nitrogens is 3. The van der Waals surface area contributed by atoms with Gasteiger partial charge in [-0.05, 0) is 43.7 Å². The highest BCUT2D eigenvalue weighted by Gasteiger charge is 2.40. The van der Waals surface area contributed by atoms with Gasteiger partial charge in [-0.15, -0.1) is 0 Å². The molecule has 0 saturated carbocycles. The monoisotopic (exact) mass is 349 g/mol. The quantitative estimate of drug-likeness (QED) is 0.677. The molecule has 2 aromatic heterocycles. The minimum atomic E-state index is 0.257. The van der Waals surface area contributed by atoms with Crippen molar-refractivity contribution in [1.82, 2.24) is 4.68 Å². The Morgan fingerprint density at radius 1 is 0.885 bits per heavy atom. The number of hydrogen-bond acceptors (Lipinski definition) is 2. The fourth-order valence-corrected chi connectivity index (χ4v) is 4.13. The lowest BCUT2D eigenvalue weighted by Gasteiger charge is -2.30. The van der Waals surface area contributed by atoms with E-state index in [0.29, 0.717) is 6.04 Å². The van der Waals surface area contributed by atoms with Gasteiger partial charge in [0.15, 0.2) is 13.2 Å². The van der Waals surface area contributed by atoms with Crippen LogP contribution >= 0.6 is 0 Å². The van der Waals surface area contributed by atoms with Crippen LogP contribution in [0.2, 0.25) is 0 Å². The summed E-state index contributed by atoms with van der Waals surface area (Å²) in [5, 5.41) is 0. The molecule has 0 amide bonds. The lowest BCUT2D eigenvalue weighted by atomic mass is 10.2. The van der Waals surface area contributed by atoms with Gasteiger partial charge >= 0.3 is 0 Å². The molecule has 1 unspecified atom stereocenters. The Morgan fingerprint density at radius 2 is 1.58 bits per heavy atom. The van der Waals surface area contributed by atoms with Gasteiger partial charge in [0.05, 0.1) is 12.7 Å². The molecule has 0 spiro atoms. The molecule has 5 nitrogen and oxygen atoms in total. The van der Waals surface area contributed by atoms with Gasteiger partial charge in [-0.3, -0.25) is 0 Å². The average molecular weight is 349 g/mol. The van der Waals surface area contributed by atoms with Gasteiger partial charge in [-0.25, -0.2) is 9.47 Å². The first-order valence-corrected chi connectivity index (χ1v) is 9.20. The number of hydrogen-bond donors (Lipinski definition) is 0. The maximum absolute atomic E-state index is 2.48. The molecule has 3 aromatic rings. The van der Waals surface area contributed by atoms with E-state index in [1.807, 2.05) is 0 Å². The zero-order valence-corrected chi connectivity index (χ0v) is 16.2. The fourth-order valence-electron chi connectivity index (χ4n) is 4.13. The molecule has 1 aliphatic heterocycles. The summed E-state index contributed by atoms with van der Waals surface area (Å²) in [5.41, 5.74) is 2.56. The third-order valence-corrected chi connectivity index (χ3v) is 5.28. The summed E-state index contributed by atoms with van der Waals surface area (Å²) >= 11 is 0. The number of aryl methyl sites for hydroxylation is 1. The Hall–Kier alpha value is -2.82. The third kappa shape index (κ3) is 2.38. The Bertz CT molecular complexity index is 943. The van der Waals surface area contributed by atoms with E-state index in [0.717, 1.165) is 5.82 Å².